The molecule has 0 bridgehead atoms. The molecule has 0 unspecified atom stereocenters. The van der Waals surface area contributed by atoms with E-state index in [4.69, 9.17) is 10.8 Å². The molecule has 1 heterocycles. The molecule has 5 N–H and O–H groups in total. The van der Waals surface area contributed by atoms with Gasteiger partial charge in [-0.05, 0) is 24.7 Å². The summed E-state index contributed by atoms with van der Waals surface area (Å²) in [6, 6.07) is -2.21. The summed E-state index contributed by atoms with van der Waals surface area (Å²) in [6.45, 7) is 7.31. The fourth-order valence-electron chi connectivity index (χ4n) is 3.00. The predicted octanol–water partition coefficient (Wildman–Crippen LogP) is -0.308. The highest BCUT2D eigenvalue weighted by molar-refractivity contribution is 5.94. The molecule has 0 aliphatic carbocycles. The highest BCUT2D eigenvalue weighted by Gasteiger charge is 2.38. The van der Waals surface area contributed by atoms with Gasteiger partial charge in [-0.2, -0.15) is 0 Å². The second kappa shape index (κ2) is 10.2. The van der Waals surface area contributed by atoms with Gasteiger partial charge in [-0.25, -0.2) is 0 Å². The highest BCUT2D eigenvalue weighted by Crippen LogP contribution is 2.20. The number of aliphatic carboxylic acids is 1. The number of carboxylic acid groups (broad SMARTS) is 1. The Morgan fingerprint density at radius 2 is 1.85 bits per heavy atom. The van der Waals surface area contributed by atoms with E-state index in [2.05, 4.69) is 10.6 Å². The molecule has 0 spiro atoms. The van der Waals surface area contributed by atoms with Gasteiger partial charge in [0.05, 0.1) is 6.04 Å². The first kappa shape index (κ1) is 22.9. The molecule has 154 valence electrons. The van der Waals surface area contributed by atoms with E-state index in [1.165, 1.54) is 4.90 Å². The summed E-state index contributed by atoms with van der Waals surface area (Å²) in [7, 11) is 0. The van der Waals surface area contributed by atoms with E-state index in [1.54, 1.807) is 6.92 Å². The molecular formula is C18H32N4O5. The molecule has 0 radical (unpaired) electrons. The van der Waals surface area contributed by atoms with Crippen molar-refractivity contribution in [3.8, 4) is 0 Å². The Hall–Kier alpha value is -2.16. The zero-order valence-electron chi connectivity index (χ0n) is 16.5. The molecule has 1 aliphatic rings. The van der Waals surface area contributed by atoms with Gasteiger partial charge in [0.15, 0.2) is 0 Å². The van der Waals surface area contributed by atoms with Crippen molar-refractivity contribution in [2.75, 3.05) is 13.1 Å². The van der Waals surface area contributed by atoms with Crippen LogP contribution >= 0.6 is 0 Å². The van der Waals surface area contributed by atoms with Crippen LogP contribution in [0.25, 0.3) is 0 Å². The zero-order valence-corrected chi connectivity index (χ0v) is 16.5. The Morgan fingerprint density at radius 1 is 1.22 bits per heavy atom. The van der Waals surface area contributed by atoms with Crippen LogP contribution in [0.4, 0.5) is 0 Å². The number of hydrogen-bond donors (Lipinski definition) is 4. The molecule has 1 aliphatic heterocycles. The lowest BCUT2D eigenvalue weighted by Gasteiger charge is -2.30. The number of nitrogens with zero attached hydrogens (tertiary/aromatic N) is 1. The van der Waals surface area contributed by atoms with Crippen molar-refractivity contribution >= 4 is 23.7 Å². The number of rotatable bonds is 9. The normalized spacial score (nSPS) is 20.1. The van der Waals surface area contributed by atoms with E-state index in [1.807, 2.05) is 20.8 Å². The van der Waals surface area contributed by atoms with Gasteiger partial charge in [-0.15, -0.1) is 0 Å². The van der Waals surface area contributed by atoms with E-state index in [0.717, 1.165) is 0 Å². The largest absolute Gasteiger partial charge is 0.480 e. The van der Waals surface area contributed by atoms with Crippen molar-refractivity contribution in [2.45, 2.75) is 65.1 Å². The summed E-state index contributed by atoms with van der Waals surface area (Å²) in [4.78, 5) is 49.8. The topological polar surface area (TPSA) is 142 Å². The van der Waals surface area contributed by atoms with Crippen LogP contribution in [-0.2, 0) is 19.2 Å². The van der Waals surface area contributed by atoms with E-state index in [9.17, 15) is 19.2 Å². The Bertz CT molecular complexity index is 566. The van der Waals surface area contributed by atoms with Gasteiger partial charge in [0.25, 0.3) is 0 Å². The molecular weight excluding hydrogens is 352 g/mol. The zero-order chi connectivity index (χ0) is 20.7. The molecule has 27 heavy (non-hydrogen) atoms. The number of nitrogens with two attached hydrogens (primary N) is 1. The molecule has 9 heteroatoms. The molecule has 1 saturated heterocycles. The van der Waals surface area contributed by atoms with E-state index >= 15 is 0 Å². The lowest BCUT2D eigenvalue weighted by Crippen LogP contribution is -2.57. The van der Waals surface area contributed by atoms with Crippen LogP contribution in [0.2, 0.25) is 0 Å². The number of likely N-dealkylation sites (tertiary alicyclic amines) is 1. The number of amides is 3. The standard InChI is InChI=1S/C18H32N4O5/c1-5-11(4)15(17(26)20-9-13(23)24)21-16(25)12-7-6-8-22(12)18(27)14(19)10(2)3/h10-12,14-15H,5-9,19H2,1-4H3,(H,20,26)(H,21,25)(H,23,24)/t11-,12-,14-,15-/m0/s1. The van der Waals surface area contributed by atoms with E-state index in [0.29, 0.717) is 25.8 Å². The van der Waals surface area contributed by atoms with Crippen LogP contribution < -0.4 is 16.4 Å². The van der Waals surface area contributed by atoms with Crippen molar-refractivity contribution in [1.29, 1.82) is 0 Å². The van der Waals surface area contributed by atoms with Crippen molar-refractivity contribution in [3.63, 3.8) is 0 Å². The van der Waals surface area contributed by atoms with Gasteiger partial charge in [-0.1, -0.05) is 34.1 Å². The van der Waals surface area contributed by atoms with Gasteiger partial charge in [-0.3, -0.25) is 19.2 Å². The van der Waals surface area contributed by atoms with Crippen molar-refractivity contribution in [3.05, 3.63) is 0 Å². The van der Waals surface area contributed by atoms with Gasteiger partial charge >= 0.3 is 5.97 Å². The summed E-state index contributed by atoms with van der Waals surface area (Å²) < 4.78 is 0. The van der Waals surface area contributed by atoms with Crippen LogP contribution in [0.5, 0.6) is 0 Å². The monoisotopic (exact) mass is 384 g/mol. The van der Waals surface area contributed by atoms with Crippen LogP contribution in [0.15, 0.2) is 0 Å². The highest BCUT2D eigenvalue weighted by atomic mass is 16.4. The van der Waals surface area contributed by atoms with Gasteiger partial charge in [0.1, 0.15) is 18.6 Å². The summed E-state index contributed by atoms with van der Waals surface area (Å²) in [5.41, 5.74) is 5.95. The summed E-state index contributed by atoms with van der Waals surface area (Å²) in [5.74, 6) is -2.61. The number of carbonyl (C=O) groups excluding carboxylic acids is 3. The minimum Gasteiger partial charge on any atom is -0.480 e. The quantitative estimate of drug-likeness (QED) is 0.430. The SMILES string of the molecule is CC[C@H](C)[C@H](NC(=O)[C@@H]1CCCN1C(=O)[C@@H](N)C(C)C)C(=O)NCC(=O)O. The number of hydrogen-bond acceptors (Lipinski definition) is 5. The van der Waals surface area contributed by atoms with Gasteiger partial charge in [0, 0.05) is 6.54 Å². The van der Waals surface area contributed by atoms with Gasteiger partial charge < -0.3 is 26.4 Å². The maximum Gasteiger partial charge on any atom is 0.322 e. The maximum atomic E-state index is 12.8. The first-order valence-electron chi connectivity index (χ1n) is 9.46. The third-order valence-corrected chi connectivity index (χ3v) is 5.05. The minimum absolute atomic E-state index is 0.0449. The molecule has 1 fully saturated rings. The second-order valence-corrected chi connectivity index (χ2v) is 7.44. The molecule has 0 saturated carbocycles. The molecule has 0 aromatic rings. The van der Waals surface area contributed by atoms with Crippen molar-refractivity contribution in [1.82, 2.24) is 15.5 Å². The summed E-state index contributed by atoms with van der Waals surface area (Å²) in [6.07, 6.45) is 1.82. The number of carbonyl (C=O) groups is 4. The Kier molecular flexibility index (Phi) is 8.68. The molecule has 3 amide bonds. The first-order chi connectivity index (χ1) is 12.6. The van der Waals surface area contributed by atoms with E-state index in [-0.39, 0.29) is 17.7 Å². The van der Waals surface area contributed by atoms with Crippen LogP contribution in [0.3, 0.4) is 0 Å². The summed E-state index contributed by atoms with van der Waals surface area (Å²) in [5, 5.41) is 13.7. The smallest absolute Gasteiger partial charge is 0.322 e. The van der Waals surface area contributed by atoms with Crippen LogP contribution in [-0.4, -0.2) is 64.9 Å². The average Bonchev–Trinajstić information content (AvgIpc) is 3.11. The molecule has 4 atom stereocenters. The van der Waals surface area contributed by atoms with E-state index < -0.39 is 42.5 Å². The number of nitrogens with one attached hydrogen (secondary N) is 2. The van der Waals surface area contributed by atoms with Crippen molar-refractivity contribution < 1.29 is 24.3 Å². The van der Waals surface area contributed by atoms with Crippen LogP contribution in [0, 0.1) is 11.8 Å². The lowest BCUT2D eigenvalue weighted by atomic mass is 9.97. The fourth-order valence-corrected chi connectivity index (χ4v) is 3.00. The fraction of sp³-hybridized carbons (Fsp3) is 0.778. The second-order valence-electron chi connectivity index (χ2n) is 7.44. The number of carboxylic acids is 1. The Balaban J connectivity index is 2.85. The minimum atomic E-state index is -1.16. The van der Waals surface area contributed by atoms with Crippen molar-refractivity contribution in [2.24, 2.45) is 17.6 Å². The molecule has 0 aromatic heterocycles. The Morgan fingerprint density at radius 3 is 2.37 bits per heavy atom. The molecule has 0 aromatic carbocycles. The predicted molar refractivity (Wildman–Crippen MR) is 99.6 cm³/mol. The Labute approximate surface area is 160 Å². The van der Waals surface area contributed by atoms with Crippen LogP contribution in [0.1, 0.15) is 47.0 Å². The third kappa shape index (κ3) is 6.20. The average molecular weight is 384 g/mol. The third-order valence-electron chi connectivity index (χ3n) is 5.05. The first-order valence-corrected chi connectivity index (χ1v) is 9.46. The molecule has 9 nitrogen and oxygen atoms in total. The summed E-state index contributed by atoms with van der Waals surface area (Å²) >= 11 is 0. The maximum absolute atomic E-state index is 12.8. The van der Waals surface area contributed by atoms with Gasteiger partial charge in [0.2, 0.25) is 17.7 Å². The lowest BCUT2D eigenvalue weighted by molar-refractivity contribution is -0.142. The molecule has 1 rings (SSSR count).